The molecule has 2 unspecified atom stereocenters. The van der Waals surface area contributed by atoms with Gasteiger partial charge in [-0.1, -0.05) is 83.1 Å². The Morgan fingerprint density at radius 3 is 1.02 bits per heavy atom. The van der Waals surface area contributed by atoms with Crippen molar-refractivity contribution in [1.29, 1.82) is 0 Å². The molecule has 7 heteroatoms. The van der Waals surface area contributed by atoms with Crippen molar-refractivity contribution in [2.24, 2.45) is 32.5 Å². The molecule has 2 aromatic rings. The maximum Gasteiger partial charge on any atom is 0.150 e. The van der Waals surface area contributed by atoms with Crippen LogP contribution < -0.4 is 9.47 Å². The molecule has 0 saturated carbocycles. The molecule has 2 aromatic carbocycles. The first-order valence-electron chi connectivity index (χ1n) is 17.7. The third kappa shape index (κ3) is 14.2. The van der Waals surface area contributed by atoms with Gasteiger partial charge in [0.25, 0.3) is 0 Å². The third-order valence-electron chi connectivity index (χ3n) is 9.48. The first-order valence-corrected chi connectivity index (χ1v) is 17.7. The number of hydrogen-bond acceptors (Lipinski definition) is 7. The van der Waals surface area contributed by atoms with Crippen molar-refractivity contribution < 1.29 is 33.3 Å². The number of benzene rings is 2. The van der Waals surface area contributed by atoms with E-state index in [4.69, 9.17) is 23.7 Å². The van der Waals surface area contributed by atoms with Crippen molar-refractivity contribution in [1.82, 2.24) is 0 Å². The molecule has 276 valence electrons. The van der Waals surface area contributed by atoms with Crippen molar-refractivity contribution in [2.75, 3.05) is 52.9 Å². The highest BCUT2D eigenvalue weighted by Gasteiger charge is 2.47. The van der Waals surface area contributed by atoms with Crippen molar-refractivity contribution in [3.05, 3.63) is 59.7 Å². The molecule has 0 fully saturated rings. The zero-order chi connectivity index (χ0) is 37.0. The zero-order valence-corrected chi connectivity index (χ0v) is 32.7. The topological polar surface area (TPSA) is 80.3 Å². The number of carbonyl (C=O) groups excluding carboxylic acids is 2. The lowest BCUT2D eigenvalue weighted by Gasteiger charge is -2.47. The van der Waals surface area contributed by atoms with E-state index in [1.807, 2.05) is 24.3 Å². The van der Waals surface area contributed by atoms with Crippen LogP contribution in [0.3, 0.4) is 0 Å². The molecule has 0 heterocycles. The summed E-state index contributed by atoms with van der Waals surface area (Å²) < 4.78 is 31.3. The summed E-state index contributed by atoms with van der Waals surface area (Å²) in [5, 5.41) is 0. The largest absolute Gasteiger partial charge is 0.493 e. The van der Waals surface area contributed by atoms with Gasteiger partial charge >= 0.3 is 0 Å². The van der Waals surface area contributed by atoms with E-state index in [0.717, 1.165) is 36.9 Å². The van der Waals surface area contributed by atoms with Gasteiger partial charge in [0.15, 0.2) is 0 Å². The van der Waals surface area contributed by atoms with E-state index in [9.17, 15) is 9.59 Å². The van der Waals surface area contributed by atoms with Crippen LogP contribution in [0.2, 0.25) is 0 Å². The molecular formula is C42H66O7. The van der Waals surface area contributed by atoms with Gasteiger partial charge in [0, 0.05) is 22.0 Å². The average molecular weight is 683 g/mol. The Labute approximate surface area is 297 Å². The minimum atomic E-state index is -0.250. The van der Waals surface area contributed by atoms with Crippen LogP contribution in [0.25, 0.3) is 0 Å². The van der Waals surface area contributed by atoms with E-state index in [2.05, 4.69) is 83.1 Å². The second-order valence-corrected chi connectivity index (χ2v) is 18.2. The van der Waals surface area contributed by atoms with Gasteiger partial charge in [-0.2, -0.15) is 0 Å². The molecule has 0 aliphatic rings. The van der Waals surface area contributed by atoms with Crippen LogP contribution in [0.4, 0.5) is 0 Å². The maximum absolute atomic E-state index is 11.1. The normalized spacial score (nSPS) is 15.3. The first kappa shape index (κ1) is 42.4. The van der Waals surface area contributed by atoms with E-state index in [0.29, 0.717) is 64.0 Å². The van der Waals surface area contributed by atoms with Gasteiger partial charge in [0.1, 0.15) is 24.1 Å². The summed E-state index contributed by atoms with van der Waals surface area (Å²) in [5.74, 6) is 1.49. The van der Waals surface area contributed by atoms with Gasteiger partial charge in [-0.15, -0.1) is 0 Å². The Kier molecular flexibility index (Phi) is 15.6. The molecule has 7 nitrogen and oxygen atoms in total. The fourth-order valence-electron chi connectivity index (χ4n) is 6.32. The summed E-state index contributed by atoms with van der Waals surface area (Å²) in [6.07, 6.45) is 3.52. The predicted octanol–water partition coefficient (Wildman–Crippen LogP) is 9.76. The van der Waals surface area contributed by atoms with Gasteiger partial charge in [0.05, 0.1) is 52.9 Å². The summed E-state index contributed by atoms with van der Waals surface area (Å²) in [7, 11) is 0. The first-order chi connectivity index (χ1) is 22.6. The van der Waals surface area contributed by atoms with E-state index in [-0.39, 0.29) is 32.5 Å². The van der Waals surface area contributed by atoms with Gasteiger partial charge < -0.3 is 23.7 Å². The smallest absolute Gasteiger partial charge is 0.150 e. The van der Waals surface area contributed by atoms with E-state index in [1.165, 1.54) is 0 Å². The summed E-state index contributed by atoms with van der Waals surface area (Å²) in [6, 6.07) is 14.5. The van der Waals surface area contributed by atoms with Crippen molar-refractivity contribution in [3.63, 3.8) is 0 Å². The molecule has 0 saturated heterocycles. The Morgan fingerprint density at radius 2 is 0.755 bits per heavy atom. The highest BCUT2D eigenvalue weighted by Crippen LogP contribution is 2.48. The highest BCUT2D eigenvalue weighted by atomic mass is 16.5. The van der Waals surface area contributed by atoms with Crippen LogP contribution in [-0.4, -0.2) is 65.4 Å². The van der Waals surface area contributed by atoms with E-state index >= 15 is 0 Å². The van der Waals surface area contributed by atoms with Crippen molar-refractivity contribution >= 4 is 12.6 Å². The fourth-order valence-corrected chi connectivity index (χ4v) is 6.32. The monoisotopic (exact) mass is 682 g/mol. The maximum atomic E-state index is 11.1. The van der Waals surface area contributed by atoms with Crippen LogP contribution in [0.15, 0.2) is 48.5 Å². The molecule has 2 atom stereocenters. The second kappa shape index (κ2) is 18.0. The van der Waals surface area contributed by atoms with Gasteiger partial charge in [-0.25, -0.2) is 0 Å². The number of ether oxygens (including phenoxy) is 5. The van der Waals surface area contributed by atoms with Crippen LogP contribution in [0.5, 0.6) is 11.5 Å². The number of aldehydes is 2. The van der Waals surface area contributed by atoms with Crippen molar-refractivity contribution in [3.8, 4) is 11.5 Å². The van der Waals surface area contributed by atoms with Crippen LogP contribution in [0, 0.1) is 32.5 Å². The lowest BCUT2D eigenvalue weighted by Crippen LogP contribution is -2.47. The molecule has 0 aliphatic heterocycles. The highest BCUT2D eigenvalue weighted by molar-refractivity contribution is 5.75. The Morgan fingerprint density at radius 1 is 0.449 bits per heavy atom. The molecule has 0 spiro atoms. The fraction of sp³-hybridized carbons (Fsp3) is 0.667. The van der Waals surface area contributed by atoms with E-state index < -0.39 is 0 Å². The summed E-state index contributed by atoms with van der Waals surface area (Å²) in [4.78, 5) is 22.2. The number of hydrogen-bond donors (Lipinski definition) is 0. The average Bonchev–Trinajstić information content (AvgIpc) is 2.99. The summed E-state index contributed by atoms with van der Waals surface area (Å²) in [6.45, 7) is 31.0. The minimum Gasteiger partial charge on any atom is -0.493 e. The molecule has 49 heavy (non-hydrogen) atoms. The molecule has 0 amide bonds. The Bertz CT molecular complexity index is 1160. The lowest BCUT2D eigenvalue weighted by molar-refractivity contribution is -0.0955. The molecular weight excluding hydrogens is 616 g/mol. The molecule has 0 aliphatic carbocycles. The van der Waals surface area contributed by atoms with Gasteiger partial charge in [-0.3, -0.25) is 9.59 Å². The predicted molar refractivity (Wildman–Crippen MR) is 199 cm³/mol. The molecule has 0 bridgehead atoms. The quantitative estimate of drug-likeness (QED) is 0.102. The van der Waals surface area contributed by atoms with Crippen molar-refractivity contribution in [2.45, 2.75) is 95.9 Å². The Hall–Kier alpha value is -2.74. The Balaban J connectivity index is 1.96. The zero-order valence-electron chi connectivity index (χ0n) is 32.7. The summed E-state index contributed by atoms with van der Waals surface area (Å²) >= 11 is 0. The van der Waals surface area contributed by atoms with Crippen LogP contribution in [-0.2, 0) is 14.2 Å². The molecule has 0 N–H and O–H groups in total. The summed E-state index contributed by atoms with van der Waals surface area (Å²) in [5.41, 5.74) is 0.708. The lowest BCUT2D eigenvalue weighted by atomic mass is 9.61. The van der Waals surface area contributed by atoms with Crippen LogP contribution in [0.1, 0.15) is 117 Å². The molecule has 0 aromatic heterocycles. The second-order valence-electron chi connectivity index (χ2n) is 18.2. The van der Waals surface area contributed by atoms with E-state index in [1.54, 1.807) is 24.3 Å². The third-order valence-corrected chi connectivity index (χ3v) is 9.48. The number of rotatable bonds is 20. The van der Waals surface area contributed by atoms with Gasteiger partial charge in [0.2, 0.25) is 0 Å². The number of carbonyl (C=O) groups is 2. The SMILES string of the molecule is CC(C)(C)CC(COCCOCCOCC(COc1ccc(C=O)cc1)(CC(C)(C)C)C(C)(C)C)(COc1ccc(C=O)cc1)C(C)(C)C. The van der Waals surface area contributed by atoms with Crippen LogP contribution >= 0.6 is 0 Å². The van der Waals surface area contributed by atoms with Gasteiger partial charge in [-0.05, 0) is 83.0 Å². The molecule has 0 radical (unpaired) electrons. The standard InChI is InChI=1S/C42H66O7/c1-37(2,3)27-41(39(7,8)9,31-48-35-17-13-33(25-43)14-18-35)29-46-23-21-45-22-24-47-30-42(40(10,11)12,28-38(4,5)6)32-49-36-19-15-34(26-44)16-20-36/h13-20,25-26H,21-24,27-32H2,1-12H3. The minimum absolute atomic E-state index is 0.0660. The molecule has 2 rings (SSSR count).